The summed E-state index contributed by atoms with van der Waals surface area (Å²) in [5.41, 5.74) is 3.83. The monoisotopic (exact) mass is 240 g/mol. The molecule has 0 spiro atoms. The molecule has 0 unspecified atom stereocenters. The van der Waals surface area contributed by atoms with E-state index in [1.807, 2.05) is 6.07 Å². The third-order valence-electron chi connectivity index (χ3n) is 2.32. The van der Waals surface area contributed by atoms with Crippen LogP contribution in [-0.2, 0) is 11.2 Å². The van der Waals surface area contributed by atoms with Gasteiger partial charge in [-0.25, -0.2) is 0 Å². The molecule has 0 aliphatic carbocycles. The van der Waals surface area contributed by atoms with Crippen LogP contribution in [0.25, 0.3) is 0 Å². The molecule has 70 valence electrons. The van der Waals surface area contributed by atoms with Gasteiger partial charge in [0.15, 0.2) is 0 Å². The molecule has 0 aliphatic heterocycles. The fourth-order valence-electron chi connectivity index (χ4n) is 1.35. The Hall–Kier alpha value is -0.630. The number of carbonyl (C=O) groups excluding carboxylic acids is 1. The van der Waals surface area contributed by atoms with Crippen LogP contribution in [0.3, 0.4) is 0 Å². The van der Waals surface area contributed by atoms with Gasteiger partial charge in [0.1, 0.15) is 6.29 Å². The molecule has 0 aliphatic rings. The van der Waals surface area contributed by atoms with Gasteiger partial charge in [-0.15, -0.1) is 0 Å². The van der Waals surface area contributed by atoms with Gasteiger partial charge in [-0.1, -0.05) is 22.0 Å². The minimum atomic E-state index is 0.600. The Labute approximate surface area is 87.3 Å². The zero-order valence-corrected chi connectivity index (χ0v) is 9.52. The zero-order chi connectivity index (χ0) is 9.84. The summed E-state index contributed by atoms with van der Waals surface area (Å²) in [7, 11) is 0. The second-order valence-corrected chi connectivity index (χ2v) is 4.03. The first-order valence-electron chi connectivity index (χ1n) is 4.35. The maximum atomic E-state index is 10.3. The maximum absolute atomic E-state index is 10.3. The smallest absolute Gasteiger partial charge is 0.120 e. The highest BCUT2D eigenvalue weighted by Gasteiger charge is 2.04. The van der Waals surface area contributed by atoms with E-state index in [0.29, 0.717) is 6.42 Å². The van der Waals surface area contributed by atoms with Gasteiger partial charge >= 0.3 is 0 Å². The summed E-state index contributed by atoms with van der Waals surface area (Å²) in [5.74, 6) is 0. The Kier molecular flexibility index (Phi) is 3.67. The van der Waals surface area contributed by atoms with Gasteiger partial charge in [0.2, 0.25) is 0 Å². The van der Waals surface area contributed by atoms with Crippen molar-refractivity contribution in [1.29, 1.82) is 0 Å². The van der Waals surface area contributed by atoms with Crippen LogP contribution in [0.15, 0.2) is 16.6 Å². The van der Waals surface area contributed by atoms with Gasteiger partial charge in [0, 0.05) is 10.9 Å². The standard InChI is InChI=1S/C11H13BrO/c1-8-5-6-11(12)10(9(8)2)4-3-7-13/h5-7H,3-4H2,1-2H3. The SMILES string of the molecule is Cc1ccc(Br)c(CCC=O)c1C. The average Bonchev–Trinajstić information content (AvgIpc) is 2.12. The van der Waals surface area contributed by atoms with E-state index >= 15 is 0 Å². The predicted molar refractivity (Wildman–Crippen MR) is 58.0 cm³/mol. The second kappa shape index (κ2) is 4.56. The van der Waals surface area contributed by atoms with E-state index in [9.17, 15) is 4.79 Å². The van der Waals surface area contributed by atoms with Crippen LogP contribution in [0.1, 0.15) is 23.1 Å². The molecule has 0 amide bonds. The topological polar surface area (TPSA) is 17.1 Å². The van der Waals surface area contributed by atoms with Crippen molar-refractivity contribution in [2.75, 3.05) is 0 Å². The summed E-state index contributed by atoms with van der Waals surface area (Å²) < 4.78 is 1.11. The van der Waals surface area contributed by atoms with E-state index in [1.54, 1.807) is 0 Å². The molecule has 0 bridgehead atoms. The van der Waals surface area contributed by atoms with Crippen LogP contribution in [0.4, 0.5) is 0 Å². The molecule has 1 aromatic rings. The molecule has 0 aromatic heterocycles. The quantitative estimate of drug-likeness (QED) is 0.742. The van der Waals surface area contributed by atoms with Crippen molar-refractivity contribution in [2.24, 2.45) is 0 Å². The number of benzene rings is 1. The van der Waals surface area contributed by atoms with Gasteiger partial charge in [-0.3, -0.25) is 0 Å². The summed E-state index contributed by atoms with van der Waals surface area (Å²) in [6, 6.07) is 4.13. The van der Waals surface area contributed by atoms with Gasteiger partial charge in [0.05, 0.1) is 0 Å². The first kappa shape index (κ1) is 10.5. The Morgan fingerprint density at radius 1 is 1.38 bits per heavy atom. The number of carbonyl (C=O) groups is 1. The van der Waals surface area contributed by atoms with E-state index in [2.05, 4.69) is 35.8 Å². The molecule has 0 radical (unpaired) electrons. The van der Waals surface area contributed by atoms with Crippen molar-refractivity contribution >= 4 is 22.2 Å². The van der Waals surface area contributed by atoms with E-state index in [0.717, 1.165) is 17.2 Å². The Morgan fingerprint density at radius 2 is 2.08 bits per heavy atom. The molecule has 0 saturated carbocycles. The van der Waals surface area contributed by atoms with Crippen LogP contribution in [0.5, 0.6) is 0 Å². The first-order chi connectivity index (χ1) is 6.16. The van der Waals surface area contributed by atoms with Crippen LogP contribution in [0.2, 0.25) is 0 Å². The lowest BCUT2D eigenvalue weighted by Gasteiger charge is -2.09. The molecule has 1 rings (SSSR count). The molecule has 1 aromatic carbocycles. The number of aryl methyl sites for hydroxylation is 1. The van der Waals surface area contributed by atoms with Crippen LogP contribution in [-0.4, -0.2) is 6.29 Å². The lowest BCUT2D eigenvalue weighted by Crippen LogP contribution is -1.94. The fourth-order valence-corrected chi connectivity index (χ4v) is 1.98. The van der Waals surface area contributed by atoms with Gasteiger partial charge < -0.3 is 4.79 Å². The van der Waals surface area contributed by atoms with Crippen molar-refractivity contribution in [2.45, 2.75) is 26.7 Å². The maximum Gasteiger partial charge on any atom is 0.120 e. The minimum Gasteiger partial charge on any atom is -0.303 e. The summed E-state index contributed by atoms with van der Waals surface area (Å²) in [4.78, 5) is 10.3. The number of aldehydes is 1. The normalized spacial score (nSPS) is 10.1. The van der Waals surface area contributed by atoms with E-state index in [-0.39, 0.29) is 0 Å². The van der Waals surface area contributed by atoms with E-state index in [4.69, 9.17) is 0 Å². The van der Waals surface area contributed by atoms with Crippen molar-refractivity contribution in [1.82, 2.24) is 0 Å². The van der Waals surface area contributed by atoms with Crippen molar-refractivity contribution < 1.29 is 4.79 Å². The Bertz CT molecular complexity index is 318. The van der Waals surface area contributed by atoms with E-state index in [1.165, 1.54) is 16.7 Å². The molecule has 0 N–H and O–H groups in total. The minimum absolute atomic E-state index is 0.600. The highest BCUT2D eigenvalue weighted by molar-refractivity contribution is 9.10. The number of hydrogen-bond donors (Lipinski definition) is 0. The second-order valence-electron chi connectivity index (χ2n) is 3.17. The highest BCUT2D eigenvalue weighted by atomic mass is 79.9. The molecule has 0 heterocycles. The van der Waals surface area contributed by atoms with Crippen molar-refractivity contribution in [3.8, 4) is 0 Å². The number of halogens is 1. The largest absolute Gasteiger partial charge is 0.303 e. The molecular formula is C11H13BrO. The zero-order valence-electron chi connectivity index (χ0n) is 7.93. The summed E-state index contributed by atoms with van der Waals surface area (Å²) >= 11 is 3.50. The third kappa shape index (κ3) is 2.41. The highest BCUT2D eigenvalue weighted by Crippen LogP contribution is 2.24. The van der Waals surface area contributed by atoms with Gasteiger partial charge in [-0.05, 0) is 43.0 Å². The van der Waals surface area contributed by atoms with Crippen molar-refractivity contribution in [3.05, 3.63) is 33.3 Å². The molecule has 1 nitrogen and oxygen atoms in total. The van der Waals surface area contributed by atoms with Crippen LogP contribution in [0, 0.1) is 13.8 Å². The van der Waals surface area contributed by atoms with Crippen LogP contribution < -0.4 is 0 Å². The Balaban J connectivity index is 3.02. The van der Waals surface area contributed by atoms with Gasteiger partial charge in [-0.2, -0.15) is 0 Å². The Morgan fingerprint density at radius 3 is 2.69 bits per heavy atom. The van der Waals surface area contributed by atoms with Crippen molar-refractivity contribution in [3.63, 3.8) is 0 Å². The first-order valence-corrected chi connectivity index (χ1v) is 5.14. The summed E-state index contributed by atoms with van der Waals surface area (Å²) in [6.45, 7) is 4.19. The lowest BCUT2D eigenvalue weighted by molar-refractivity contribution is -0.107. The number of hydrogen-bond acceptors (Lipinski definition) is 1. The van der Waals surface area contributed by atoms with Gasteiger partial charge in [0.25, 0.3) is 0 Å². The molecular weight excluding hydrogens is 228 g/mol. The molecule has 2 heteroatoms. The summed E-state index contributed by atoms with van der Waals surface area (Å²) in [6.07, 6.45) is 2.40. The average molecular weight is 241 g/mol. The van der Waals surface area contributed by atoms with E-state index < -0.39 is 0 Å². The number of rotatable bonds is 3. The molecule has 0 saturated heterocycles. The lowest BCUT2D eigenvalue weighted by atomic mass is 10.0. The van der Waals surface area contributed by atoms with Crippen LogP contribution >= 0.6 is 15.9 Å². The predicted octanol–water partition coefficient (Wildman–Crippen LogP) is 3.20. The fraction of sp³-hybridized carbons (Fsp3) is 0.364. The molecule has 0 fully saturated rings. The molecule has 13 heavy (non-hydrogen) atoms. The summed E-state index contributed by atoms with van der Waals surface area (Å²) in [5, 5.41) is 0. The molecule has 0 atom stereocenters. The third-order valence-corrected chi connectivity index (χ3v) is 3.07.